The molecule has 1 aliphatic rings. The minimum atomic E-state index is 0.317. The molecule has 0 aromatic carbocycles. The lowest BCUT2D eigenvalue weighted by Gasteiger charge is -2.28. The van der Waals surface area contributed by atoms with E-state index in [2.05, 4.69) is 30.5 Å². The second kappa shape index (κ2) is 6.55. The molecule has 108 valence electrons. The fourth-order valence-electron chi connectivity index (χ4n) is 2.86. The maximum atomic E-state index is 5.59. The number of hydrogen-bond acceptors (Lipinski definition) is 4. The van der Waals surface area contributed by atoms with E-state index in [1.807, 2.05) is 13.8 Å². The van der Waals surface area contributed by atoms with E-state index in [0.29, 0.717) is 18.1 Å². The molecule has 2 rings (SSSR count). The molecule has 2 N–H and O–H groups in total. The van der Waals surface area contributed by atoms with Crippen LogP contribution in [0.15, 0.2) is 10.5 Å². The van der Waals surface area contributed by atoms with E-state index in [9.17, 15) is 0 Å². The maximum Gasteiger partial charge on any atom is 0.105 e. The summed E-state index contributed by atoms with van der Waals surface area (Å²) in [6.07, 6.45) is 1.08. The summed E-state index contributed by atoms with van der Waals surface area (Å²) >= 11 is 0. The fourth-order valence-corrected chi connectivity index (χ4v) is 2.86. The van der Waals surface area contributed by atoms with Crippen molar-refractivity contribution in [2.45, 2.75) is 52.2 Å². The molecular formula is C15H26N2O2. The molecule has 4 heteroatoms. The van der Waals surface area contributed by atoms with E-state index in [1.54, 1.807) is 0 Å². The van der Waals surface area contributed by atoms with Gasteiger partial charge in [-0.25, -0.2) is 0 Å². The molecule has 0 amide bonds. The molecular weight excluding hydrogens is 240 g/mol. The minimum absolute atomic E-state index is 0.317. The molecule has 0 saturated carbocycles. The maximum absolute atomic E-state index is 5.59. The summed E-state index contributed by atoms with van der Waals surface area (Å²) in [5.74, 6) is 2.00. The first-order chi connectivity index (χ1) is 9.06. The van der Waals surface area contributed by atoms with Crippen molar-refractivity contribution in [1.82, 2.24) is 10.6 Å². The normalized spacial score (nSPS) is 23.3. The van der Waals surface area contributed by atoms with Gasteiger partial charge in [-0.05, 0) is 40.2 Å². The molecule has 19 heavy (non-hydrogen) atoms. The Kier molecular flexibility index (Phi) is 5.02. The zero-order valence-electron chi connectivity index (χ0n) is 12.5. The molecule has 2 heterocycles. The van der Waals surface area contributed by atoms with Crippen molar-refractivity contribution in [2.75, 3.05) is 19.8 Å². The highest BCUT2D eigenvalue weighted by atomic mass is 16.5. The first-order valence-electron chi connectivity index (χ1n) is 7.20. The summed E-state index contributed by atoms with van der Waals surface area (Å²) in [5.41, 5.74) is 1.26. The van der Waals surface area contributed by atoms with Crippen LogP contribution in [0.2, 0.25) is 0 Å². The predicted octanol–water partition coefficient (Wildman–Crippen LogP) is 2.31. The average molecular weight is 266 g/mol. The molecule has 1 fully saturated rings. The van der Waals surface area contributed by atoms with Crippen LogP contribution >= 0.6 is 0 Å². The zero-order chi connectivity index (χ0) is 13.8. The van der Waals surface area contributed by atoms with E-state index in [4.69, 9.17) is 9.15 Å². The molecule has 4 nitrogen and oxygen atoms in total. The monoisotopic (exact) mass is 266 g/mol. The largest absolute Gasteiger partial charge is 0.466 e. The van der Waals surface area contributed by atoms with Gasteiger partial charge in [0, 0.05) is 30.2 Å². The van der Waals surface area contributed by atoms with Crippen LogP contribution in [0, 0.1) is 13.8 Å². The molecule has 0 radical (unpaired) electrons. The van der Waals surface area contributed by atoms with Crippen LogP contribution < -0.4 is 10.6 Å². The van der Waals surface area contributed by atoms with E-state index in [1.165, 1.54) is 5.56 Å². The molecule has 1 aliphatic heterocycles. The Balaban J connectivity index is 1.84. The SMILES string of the molecule is Cc1cc(C(C)NC(C)CC2COCCN2)c(C)o1. The zero-order valence-corrected chi connectivity index (χ0v) is 12.5. The van der Waals surface area contributed by atoms with Crippen LogP contribution in [-0.2, 0) is 4.74 Å². The second-order valence-corrected chi connectivity index (χ2v) is 5.62. The summed E-state index contributed by atoms with van der Waals surface area (Å²) in [4.78, 5) is 0. The number of rotatable bonds is 5. The highest BCUT2D eigenvalue weighted by Crippen LogP contribution is 2.22. The van der Waals surface area contributed by atoms with Crippen LogP contribution in [0.4, 0.5) is 0 Å². The van der Waals surface area contributed by atoms with Crippen LogP contribution in [0.5, 0.6) is 0 Å². The molecule has 1 aromatic heterocycles. The number of ether oxygens (including phenoxy) is 1. The molecule has 0 spiro atoms. The molecule has 0 bridgehead atoms. The number of nitrogens with one attached hydrogen (secondary N) is 2. The van der Waals surface area contributed by atoms with Gasteiger partial charge in [0.15, 0.2) is 0 Å². The Morgan fingerprint density at radius 3 is 2.79 bits per heavy atom. The third-order valence-electron chi connectivity index (χ3n) is 3.72. The van der Waals surface area contributed by atoms with Crippen molar-refractivity contribution in [3.63, 3.8) is 0 Å². The Bertz CT molecular complexity index is 397. The standard InChI is InChI=1S/C15H26N2O2/c1-10(7-14-9-18-6-5-16-14)17-12(3)15-8-11(2)19-13(15)4/h8,10,12,14,16-17H,5-7,9H2,1-4H3. The van der Waals surface area contributed by atoms with Gasteiger partial charge in [0.2, 0.25) is 0 Å². The third kappa shape index (κ3) is 4.06. The van der Waals surface area contributed by atoms with Gasteiger partial charge in [0.05, 0.1) is 13.2 Å². The summed E-state index contributed by atoms with van der Waals surface area (Å²) in [7, 11) is 0. The quantitative estimate of drug-likeness (QED) is 0.858. The average Bonchev–Trinajstić information content (AvgIpc) is 2.69. The van der Waals surface area contributed by atoms with Crippen LogP contribution in [0.25, 0.3) is 0 Å². The topological polar surface area (TPSA) is 46.4 Å². The Labute approximate surface area is 115 Å². The second-order valence-electron chi connectivity index (χ2n) is 5.62. The van der Waals surface area contributed by atoms with Gasteiger partial charge in [-0.1, -0.05) is 0 Å². The van der Waals surface area contributed by atoms with Crippen molar-refractivity contribution in [1.29, 1.82) is 0 Å². The Morgan fingerprint density at radius 2 is 2.21 bits per heavy atom. The van der Waals surface area contributed by atoms with Crippen molar-refractivity contribution in [3.8, 4) is 0 Å². The van der Waals surface area contributed by atoms with E-state index >= 15 is 0 Å². The number of morpholine rings is 1. The van der Waals surface area contributed by atoms with Gasteiger partial charge in [-0.3, -0.25) is 0 Å². The number of aryl methyl sites for hydroxylation is 2. The highest BCUT2D eigenvalue weighted by molar-refractivity contribution is 5.23. The van der Waals surface area contributed by atoms with Crippen LogP contribution in [-0.4, -0.2) is 31.8 Å². The molecule has 1 aromatic rings. The number of furan rings is 1. The highest BCUT2D eigenvalue weighted by Gasteiger charge is 2.19. The van der Waals surface area contributed by atoms with E-state index in [0.717, 1.165) is 37.7 Å². The first kappa shape index (κ1) is 14.6. The van der Waals surface area contributed by atoms with Crippen molar-refractivity contribution < 1.29 is 9.15 Å². The van der Waals surface area contributed by atoms with Gasteiger partial charge in [0.25, 0.3) is 0 Å². The molecule has 3 atom stereocenters. The van der Waals surface area contributed by atoms with Crippen molar-refractivity contribution >= 4 is 0 Å². The van der Waals surface area contributed by atoms with E-state index < -0.39 is 0 Å². The predicted molar refractivity (Wildman–Crippen MR) is 76.4 cm³/mol. The van der Waals surface area contributed by atoms with Crippen molar-refractivity contribution in [2.24, 2.45) is 0 Å². The lowest BCUT2D eigenvalue weighted by atomic mass is 10.0. The van der Waals surface area contributed by atoms with Gasteiger partial charge >= 0.3 is 0 Å². The fraction of sp³-hybridized carbons (Fsp3) is 0.733. The van der Waals surface area contributed by atoms with Crippen LogP contribution in [0.3, 0.4) is 0 Å². The van der Waals surface area contributed by atoms with Gasteiger partial charge in [-0.15, -0.1) is 0 Å². The third-order valence-corrected chi connectivity index (χ3v) is 3.72. The molecule has 1 saturated heterocycles. The first-order valence-corrected chi connectivity index (χ1v) is 7.20. The van der Waals surface area contributed by atoms with Gasteiger partial charge in [0.1, 0.15) is 11.5 Å². The molecule has 3 unspecified atom stereocenters. The van der Waals surface area contributed by atoms with Crippen molar-refractivity contribution in [3.05, 3.63) is 23.2 Å². The summed E-state index contributed by atoms with van der Waals surface area (Å²) in [5, 5.41) is 7.14. The summed E-state index contributed by atoms with van der Waals surface area (Å²) in [6, 6.07) is 3.36. The molecule has 0 aliphatic carbocycles. The summed E-state index contributed by atoms with van der Waals surface area (Å²) in [6.45, 7) is 11.1. The lowest BCUT2D eigenvalue weighted by Crippen LogP contribution is -2.45. The van der Waals surface area contributed by atoms with Crippen LogP contribution in [0.1, 0.15) is 43.4 Å². The lowest BCUT2D eigenvalue weighted by molar-refractivity contribution is 0.0708. The smallest absolute Gasteiger partial charge is 0.105 e. The summed E-state index contributed by atoms with van der Waals surface area (Å²) < 4.78 is 11.1. The van der Waals surface area contributed by atoms with E-state index in [-0.39, 0.29) is 0 Å². The minimum Gasteiger partial charge on any atom is -0.466 e. The van der Waals surface area contributed by atoms with Gasteiger partial charge < -0.3 is 19.8 Å². The Hall–Kier alpha value is -0.840. The van der Waals surface area contributed by atoms with Gasteiger partial charge in [-0.2, -0.15) is 0 Å². The number of hydrogen-bond donors (Lipinski definition) is 2. The Morgan fingerprint density at radius 1 is 1.42 bits per heavy atom.